The molecule has 1 aliphatic heterocycles. The zero-order chi connectivity index (χ0) is 18.1. The van der Waals surface area contributed by atoms with E-state index in [1.54, 1.807) is 31.9 Å². The first-order valence-corrected chi connectivity index (χ1v) is 8.27. The van der Waals surface area contributed by atoms with Gasteiger partial charge in [-0.15, -0.1) is 0 Å². The fraction of sp³-hybridized carbons (Fsp3) is 0.333. The maximum Gasteiger partial charge on any atom is 0.261 e. The van der Waals surface area contributed by atoms with Crippen LogP contribution in [0.25, 0.3) is 0 Å². The van der Waals surface area contributed by atoms with Gasteiger partial charge in [0.05, 0.1) is 25.2 Å². The minimum atomic E-state index is -0.415. The van der Waals surface area contributed by atoms with Crippen molar-refractivity contribution in [2.45, 2.75) is 20.0 Å². The number of hydrogen-bond acceptors (Lipinski definition) is 4. The van der Waals surface area contributed by atoms with E-state index >= 15 is 0 Å². The number of benzene rings is 1. The van der Waals surface area contributed by atoms with Gasteiger partial charge in [-0.1, -0.05) is 17.7 Å². The predicted molar refractivity (Wildman–Crippen MR) is 94.9 cm³/mol. The largest absolute Gasteiger partial charge is 0.497 e. The number of rotatable bonds is 4. The first kappa shape index (κ1) is 17.4. The Bertz CT molecular complexity index is 872. The number of H-pyrrole nitrogens is 1. The van der Waals surface area contributed by atoms with Gasteiger partial charge in [0.25, 0.3) is 11.5 Å². The third-order valence-electron chi connectivity index (χ3n) is 4.25. The highest BCUT2D eigenvalue weighted by Crippen LogP contribution is 2.25. The number of carbonyl (C=O) groups is 1. The van der Waals surface area contributed by atoms with Gasteiger partial charge < -0.3 is 19.4 Å². The molecule has 1 saturated heterocycles. The molecule has 1 aromatic carbocycles. The Morgan fingerprint density at radius 2 is 1.96 bits per heavy atom. The van der Waals surface area contributed by atoms with Crippen LogP contribution in [0.1, 0.15) is 21.6 Å². The van der Waals surface area contributed by atoms with Crippen molar-refractivity contribution in [2.75, 3.05) is 20.2 Å². The van der Waals surface area contributed by atoms with Crippen LogP contribution in [-0.4, -0.2) is 42.1 Å². The van der Waals surface area contributed by atoms with Gasteiger partial charge >= 0.3 is 0 Å². The standard InChI is InChI=1S/C18H19ClN2O4/c1-10-15(17(22)20-11(2)16(10)19)18(23)21-8-14(9-21)25-13-6-4-5-12(7-13)24-3/h4-7,14H,8-9H2,1-3H3,(H,20,22). The maximum atomic E-state index is 12.6. The van der Waals surface area contributed by atoms with Crippen LogP contribution in [0.2, 0.25) is 5.02 Å². The Balaban J connectivity index is 1.68. The molecule has 0 saturated carbocycles. The lowest BCUT2D eigenvalue weighted by Gasteiger charge is -2.39. The minimum Gasteiger partial charge on any atom is -0.497 e. The lowest BCUT2D eigenvalue weighted by molar-refractivity contribution is 0.0175. The molecule has 1 aliphatic rings. The average Bonchev–Trinajstić information content (AvgIpc) is 2.55. The Morgan fingerprint density at radius 1 is 1.28 bits per heavy atom. The topological polar surface area (TPSA) is 71.6 Å². The predicted octanol–water partition coefficient (Wildman–Crippen LogP) is 2.56. The summed E-state index contributed by atoms with van der Waals surface area (Å²) in [5.41, 5.74) is 0.741. The Hall–Kier alpha value is -2.47. The van der Waals surface area contributed by atoms with Crippen LogP contribution in [0.15, 0.2) is 29.1 Å². The van der Waals surface area contributed by atoms with Gasteiger partial charge in [0.2, 0.25) is 0 Å². The molecule has 3 rings (SSSR count). The number of aromatic nitrogens is 1. The lowest BCUT2D eigenvalue weighted by Crippen LogP contribution is -2.57. The molecule has 2 aromatic rings. The number of pyridine rings is 1. The number of nitrogens with one attached hydrogen (secondary N) is 1. The molecule has 2 heterocycles. The minimum absolute atomic E-state index is 0.0930. The van der Waals surface area contributed by atoms with E-state index in [1.165, 1.54) is 0 Å². The van der Waals surface area contributed by atoms with Crippen molar-refractivity contribution < 1.29 is 14.3 Å². The monoisotopic (exact) mass is 362 g/mol. The van der Waals surface area contributed by atoms with E-state index < -0.39 is 5.56 Å². The molecule has 132 valence electrons. The van der Waals surface area contributed by atoms with Crippen LogP contribution in [-0.2, 0) is 0 Å². The molecule has 0 aliphatic carbocycles. The van der Waals surface area contributed by atoms with Crippen LogP contribution in [0.5, 0.6) is 11.5 Å². The van der Waals surface area contributed by atoms with Crippen molar-refractivity contribution in [3.63, 3.8) is 0 Å². The zero-order valence-electron chi connectivity index (χ0n) is 14.3. The van der Waals surface area contributed by atoms with Crippen LogP contribution in [0.4, 0.5) is 0 Å². The molecule has 25 heavy (non-hydrogen) atoms. The van der Waals surface area contributed by atoms with E-state index in [0.717, 1.165) is 0 Å². The summed E-state index contributed by atoms with van der Waals surface area (Å²) in [6.45, 7) is 4.22. The molecule has 6 nitrogen and oxygen atoms in total. The van der Waals surface area contributed by atoms with Crippen LogP contribution in [0.3, 0.4) is 0 Å². The number of aromatic amines is 1. The van der Waals surface area contributed by atoms with Gasteiger partial charge in [-0.3, -0.25) is 9.59 Å². The molecule has 1 N–H and O–H groups in total. The SMILES string of the molecule is COc1cccc(OC2CN(C(=O)c3c(C)c(Cl)c(C)[nH]c3=O)C2)c1. The van der Waals surface area contributed by atoms with Crippen LogP contribution >= 0.6 is 11.6 Å². The molecular weight excluding hydrogens is 344 g/mol. The molecule has 0 radical (unpaired) electrons. The lowest BCUT2D eigenvalue weighted by atomic mass is 10.1. The second-order valence-electron chi connectivity index (χ2n) is 6.02. The van der Waals surface area contributed by atoms with E-state index in [4.69, 9.17) is 21.1 Å². The molecule has 0 atom stereocenters. The van der Waals surface area contributed by atoms with Crippen molar-refractivity contribution >= 4 is 17.5 Å². The average molecular weight is 363 g/mol. The Labute approximate surface area is 150 Å². The highest BCUT2D eigenvalue weighted by Gasteiger charge is 2.35. The van der Waals surface area contributed by atoms with E-state index in [9.17, 15) is 9.59 Å². The van der Waals surface area contributed by atoms with E-state index in [-0.39, 0.29) is 17.6 Å². The fourth-order valence-electron chi connectivity index (χ4n) is 2.81. The van der Waals surface area contributed by atoms with Crippen LogP contribution in [0, 0.1) is 13.8 Å². The number of likely N-dealkylation sites (tertiary alicyclic amines) is 1. The normalized spacial score (nSPS) is 14.2. The van der Waals surface area contributed by atoms with Crippen molar-refractivity contribution in [2.24, 2.45) is 0 Å². The van der Waals surface area contributed by atoms with E-state index in [1.807, 2.05) is 18.2 Å². The molecule has 0 unspecified atom stereocenters. The van der Waals surface area contributed by atoms with Gasteiger partial charge in [-0.2, -0.15) is 0 Å². The molecule has 0 bridgehead atoms. The number of aryl methyl sites for hydroxylation is 1. The quantitative estimate of drug-likeness (QED) is 0.907. The number of hydrogen-bond donors (Lipinski definition) is 1. The first-order valence-electron chi connectivity index (χ1n) is 7.89. The Morgan fingerprint density at radius 3 is 2.64 bits per heavy atom. The highest BCUT2D eigenvalue weighted by molar-refractivity contribution is 6.32. The third kappa shape index (κ3) is 3.35. The summed E-state index contributed by atoms with van der Waals surface area (Å²) in [6.07, 6.45) is -0.114. The number of ether oxygens (including phenoxy) is 2. The summed E-state index contributed by atoms with van der Waals surface area (Å²) in [5, 5.41) is 0.410. The summed E-state index contributed by atoms with van der Waals surface area (Å²) in [5.74, 6) is 1.07. The van der Waals surface area contributed by atoms with Gasteiger partial charge in [0.1, 0.15) is 23.2 Å². The van der Waals surface area contributed by atoms with Gasteiger partial charge in [0, 0.05) is 11.8 Å². The van der Waals surface area contributed by atoms with Crippen molar-refractivity contribution in [1.82, 2.24) is 9.88 Å². The summed E-state index contributed by atoms with van der Waals surface area (Å²) < 4.78 is 11.0. The smallest absolute Gasteiger partial charge is 0.261 e. The Kier molecular flexibility index (Phi) is 4.72. The van der Waals surface area contributed by atoms with Gasteiger partial charge in [0.15, 0.2) is 0 Å². The summed E-state index contributed by atoms with van der Waals surface area (Å²) >= 11 is 6.15. The van der Waals surface area contributed by atoms with E-state index in [0.29, 0.717) is 40.9 Å². The second kappa shape index (κ2) is 6.80. The number of halogens is 1. The molecule has 1 fully saturated rings. The maximum absolute atomic E-state index is 12.6. The highest BCUT2D eigenvalue weighted by atomic mass is 35.5. The van der Waals surface area contributed by atoms with Gasteiger partial charge in [-0.05, 0) is 31.5 Å². The summed E-state index contributed by atoms with van der Waals surface area (Å²) in [4.78, 5) is 28.9. The number of carbonyl (C=O) groups excluding carboxylic acids is 1. The number of nitrogens with zero attached hydrogens (tertiary/aromatic N) is 1. The second-order valence-corrected chi connectivity index (χ2v) is 6.40. The summed E-state index contributed by atoms with van der Waals surface area (Å²) in [6, 6.07) is 7.30. The third-order valence-corrected chi connectivity index (χ3v) is 4.82. The van der Waals surface area contributed by atoms with Crippen molar-refractivity contribution in [3.05, 3.63) is 56.5 Å². The zero-order valence-corrected chi connectivity index (χ0v) is 15.0. The van der Waals surface area contributed by atoms with Crippen molar-refractivity contribution in [1.29, 1.82) is 0 Å². The molecular formula is C18H19ClN2O4. The molecule has 1 amide bonds. The van der Waals surface area contributed by atoms with Crippen molar-refractivity contribution in [3.8, 4) is 11.5 Å². The number of methoxy groups -OCH3 is 1. The van der Waals surface area contributed by atoms with E-state index in [2.05, 4.69) is 4.98 Å². The molecule has 1 aromatic heterocycles. The first-order chi connectivity index (χ1) is 11.9. The van der Waals surface area contributed by atoms with Gasteiger partial charge in [-0.25, -0.2) is 0 Å². The number of amides is 1. The molecule has 0 spiro atoms. The summed E-state index contributed by atoms with van der Waals surface area (Å²) in [7, 11) is 1.59. The molecule has 7 heteroatoms. The fourth-order valence-corrected chi connectivity index (χ4v) is 2.95. The van der Waals surface area contributed by atoms with Crippen LogP contribution < -0.4 is 15.0 Å².